The number of para-hydroxylation sites is 1. The Morgan fingerprint density at radius 2 is 2.27 bits per heavy atom. The Labute approximate surface area is 141 Å². The number of nitrogens with one attached hydrogen (secondary N) is 3. The van der Waals surface area contributed by atoms with Gasteiger partial charge in [0.1, 0.15) is 0 Å². The molecule has 0 bridgehead atoms. The lowest BCUT2D eigenvalue weighted by Gasteiger charge is -2.30. The van der Waals surface area contributed by atoms with E-state index in [0.29, 0.717) is 17.6 Å². The molecule has 0 saturated carbocycles. The van der Waals surface area contributed by atoms with Crippen molar-refractivity contribution in [3.05, 3.63) is 52.7 Å². The second-order valence-corrected chi connectivity index (χ2v) is 5.76. The second-order valence-electron chi connectivity index (χ2n) is 5.15. The third-order valence-corrected chi connectivity index (χ3v) is 3.99. The molecule has 1 aliphatic heterocycles. The minimum atomic E-state index is 0.411. The largest absolute Gasteiger partial charge is 0.379 e. The van der Waals surface area contributed by atoms with Gasteiger partial charge in [-0.15, -0.1) is 0 Å². The van der Waals surface area contributed by atoms with Crippen LogP contribution in [0.25, 0.3) is 0 Å². The highest BCUT2D eigenvalue weighted by Gasteiger charge is 2.17. The number of hydrogen-bond acceptors (Lipinski definition) is 4. The zero-order valence-electron chi connectivity index (χ0n) is 12.5. The van der Waals surface area contributed by atoms with Gasteiger partial charge in [-0.25, -0.2) is 0 Å². The van der Waals surface area contributed by atoms with Gasteiger partial charge in [0.05, 0.1) is 16.8 Å². The van der Waals surface area contributed by atoms with Gasteiger partial charge in [0.15, 0.2) is 0 Å². The molecule has 3 N–H and O–H groups in total. The topological polar surface area (TPSA) is 48.5 Å². The number of aryl methyl sites for hydroxylation is 1. The van der Waals surface area contributed by atoms with Crippen molar-refractivity contribution in [2.75, 3.05) is 25.0 Å². The summed E-state index contributed by atoms with van der Waals surface area (Å²) in [7, 11) is 0. The molecule has 0 atom stereocenters. The maximum atomic E-state index is 6.24. The van der Waals surface area contributed by atoms with Crippen LogP contribution in [0, 0.1) is 6.92 Å². The molecule has 1 heterocycles. The summed E-state index contributed by atoms with van der Waals surface area (Å²) in [5.74, 6) is 0. The first-order valence-electron chi connectivity index (χ1n) is 7.12. The third-order valence-electron chi connectivity index (χ3n) is 3.57. The fourth-order valence-corrected chi connectivity index (χ4v) is 2.61. The summed E-state index contributed by atoms with van der Waals surface area (Å²) in [6.45, 7) is 8.32. The van der Waals surface area contributed by atoms with E-state index in [1.165, 1.54) is 0 Å². The van der Waals surface area contributed by atoms with E-state index >= 15 is 0 Å². The maximum Gasteiger partial charge on any atom is 0.0640 e. The van der Waals surface area contributed by atoms with Gasteiger partial charge in [0, 0.05) is 48.9 Å². The highest BCUT2D eigenvalue weighted by molar-refractivity contribution is 6.33. The molecule has 1 aliphatic rings. The molecule has 1 fully saturated rings. The number of rotatable bonds is 7. The quantitative estimate of drug-likeness (QED) is 0.528. The molecule has 0 radical (unpaired) electrons. The van der Waals surface area contributed by atoms with Gasteiger partial charge in [-0.1, -0.05) is 30.3 Å². The van der Waals surface area contributed by atoms with Gasteiger partial charge in [-0.3, -0.25) is 0 Å². The van der Waals surface area contributed by atoms with Gasteiger partial charge in [0.2, 0.25) is 0 Å². The van der Waals surface area contributed by atoms with E-state index in [-0.39, 0.29) is 0 Å². The lowest BCUT2D eigenvalue weighted by molar-refractivity contribution is 0.395. The van der Waals surface area contributed by atoms with Crippen molar-refractivity contribution >= 4 is 35.3 Å². The first-order chi connectivity index (χ1) is 10.7. The number of allylic oxidation sites excluding steroid dienone is 1. The summed E-state index contributed by atoms with van der Waals surface area (Å²) in [4.78, 5) is 0. The van der Waals surface area contributed by atoms with Crippen LogP contribution in [0.5, 0.6) is 0 Å². The zero-order valence-corrected chi connectivity index (χ0v) is 14.0. The first kappa shape index (κ1) is 16.9. The van der Waals surface area contributed by atoms with Crippen LogP contribution >= 0.6 is 23.4 Å². The Bertz CT molecular complexity index is 572. The third kappa shape index (κ3) is 4.26. The van der Waals surface area contributed by atoms with Gasteiger partial charge < -0.3 is 16.0 Å². The molecular formula is C16H20Cl2N4. The lowest BCUT2D eigenvalue weighted by Crippen LogP contribution is -2.55. The predicted octanol–water partition coefficient (Wildman–Crippen LogP) is 3.29. The van der Waals surface area contributed by atoms with Crippen molar-refractivity contribution in [1.82, 2.24) is 10.6 Å². The maximum absolute atomic E-state index is 6.24. The van der Waals surface area contributed by atoms with Crippen LogP contribution in [0.4, 0.5) is 5.69 Å². The number of anilines is 1. The van der Waals surface area contributed by atoms with E-state index in [4.69, 9.17) is 23.4 Å². The van der Waals surface area contributed by atoms with Gasteiger partial charge in [-0.2, -0.15) is 4.51 Å². The van der Waals surface area contributed by atoms with Crippen LogP contribution in [0.3, 0.4) is 0 Å². The smallest absolute Gasteiger partial charge is 0.0640 e. The van der Waals surface area contributed by atoms with Gasteiger partial charge in [0.25, 0.3) is 0 Å². The van der Waals surface area contributed by atoms with Crippen molar-refractivity contribution in [3.63, 3.8) is 0 Å². The van der Waals surface area contributed by atoms with Crippen LogP contribution in [0.1, 0.15) is 5.56 Å². The van der Waals surface area contributed by atoms with Crippen molar-refractivity contribution < 1.29 is 0 Å². The summed E-state index contributed by atoms with van der Waals surface area (Å²) in [6.07, 6.45) is 3.41. The molecule has 0 amide bonds. The van der Waals surface area contributed by atoms with E-state index in [2.05, 4.69) is 27.0 Å². The summed E-state index contributed by atoms with van der Waals surface area (Å²) in [5.41, 5.74) is 3.86. The molecule has 1 aromatic carbocycles. The summed E-state index contributed by atoms with van der Waals surface area (Å²) >= 11 is 11.8. The van der Waals surface area contributed by atoms with Gasteiger partial charge >= 0.3 is 0 Å². The second kappa shape index (κ2) is 8.22. The molecule has 0 unspecified atom stereocenters. The molecule has 0 aromatic heterocycles. The molecule has 6 heteroatoms. The fourth-order valence-electron chi connectivity index (χ4n) is 2.20. The summed E-state index contributed by atoms with van der Waals surface area (Å²) in [5, 5.41) is 10.7. The van der Waals surface area contributed by atoms with E-state index in [1.807, 2.05) is 25.1 Å². The molecule has 2 rings (SSSR count). The SMILES string of the molecule is C=C/C(NC1CNC1)=C(\C=N/Cl)CNc1c(C)cccc1Cl. The Morgan fingerprint density at radius 3 is 2.82 bits per heavy atom. The van der Waals surface area contributed by atoms with Gasteiger partial charge in [-0.05, 0) is 24.6 Å². The molecule has 0 aliphatic carbocycles. The minimum absolute atomic E-state index is 0.411. The average molecular weight is 339 g/mol. The molecule has 1 aromatic rings. The minimum Gasteiger partial charge on any atom is -0.379 e. The zero-order chi connectivity index (χ0) is 15.9. The van der Waals surface area contributed by atoms with Crippen LogP contribution in [-0.4, -0.2) is 31.9 Å². The molecule has 22 heavy (non-hydrogen) atoms. The Balaban J connectivity index is 2.15. The average Bonchev–Trinajstić information content (AvgIpc) is 2.45. The van der Waals surface area contributed by atoms with Crippen molar-refractivity contribution in [2.45, 2.75) is 13.0 Å². The van der Waals surface area contributed by atoms with Crippen LogP contribution in [-0.2, 0) is 0 Å². The first-order valence-corrected chi connectivity index (χ1v) is 7.83. The summed E-state index contributed by atoms with van der Waals surface area (Å²) in [6, 6.07) is 6.22. The highest BCUT2D eigenvalue weighted by Crippen LogP contribution is 2.25. The van der Waals surface area contributed by atoms with E-state index in [0.717, 1.165) is 35.6 Å². The van der Waals surface area contributed by atoms with E-state index < -0.39 is 0 Å². The predicted molar refractivity (Wildman–Crippen MR) is 96.0 cm³/mol. The molecule has 4 nitrogen and oxygen atoms in total. The van der Waals surface area contributed by atoms with Crippen LogP contribution in [0.15, 0.2) is 46.6 Å². The lowest BCUT2D eigenvalue weighted by atomic mass is 10.1. The molecular weight excluding hydrogens is 319 g/mol. The fraction of sp³-hybridized carbons (Fsp3) is 0.312. The van der Waals surface area contributed by atoms with Crippen LogP contribution < -0.4 is 16.0 Å². The van der Waals surface area contributed by atoms with E-state index in [9.17, 15) is 0 Å². The Kier molecular flexibility index (Phi) is 6.31. The summed E-state index contributed by atoms with van der Waals surface area (Å²) < 4.78 is 3.63. The highest BCUT2D eigenvalue weighted by atomic mass is 35.5. The molecule has 0 spiro atoms. The van der Waals surface area contributed by atoms with Crippen LogP contribution in [0.2, 0.25) is 5.02 Å². The standard InChI is InChI=1S/C16H20Cl2N4/c1-3-15(22-13-9-19-10-13)12(8-21-18)7-20-16-11(2)5-4-6-14(16)17/h3-6,8,13,19-20,22H,1,7,9-10H2,2H3/b15-12+,21-8-. The number of nitrogens with zero attached hydrogens (tertiary/aromatic N) is 1. The van der Waals surface area contributed by atoms with Crippen molar-refractivity contribution in [3.8, 4) is 0 Å². The Morgan fingerprint density at radius 1 is 1.50 bits per heavy atom. The van der Waals surface area contributed by atoms with Crippen molar-refractivity contribution in [2.24, 2.45) is 4.51 Å². The molecule has 118 valence electrons. The number of hydrogen-bond donors (Lipinski definition) is 3. The molecule has 1 saturated heterocycles. The monoisotopic (exact) mass is 338 g/mol. The Hall–Kier alpha value is -1.49. The number of halogens is 2. The normalized spacial score (nSPS) is 16.1. The number of benzene rings is 1. The van der Waals surface area contributed by atoms with Crippen molar-refractivity contribution in [1.29, 1.82) is 0 Å². The van der Waals surface area contributed by atoms with E-state index in [1.54, 1.807) is 12.3 Å².